The number of esters is 2. The van der Waals surface area contributed by atoms with E-state index >= 15 is 0 Å². The minimum absolute atomic E-state index is 0.0165. The lowest BCUT2D eigenvalue weighted by molar-refractivity contribution is -0.161. The fourth-order valence-electron chi connectivity index (χ4n) is 3.47. The third kappa shape index (κ3) is 2.79. The van der Waals surface area contributed by atoms with Crippen LogP contribution in [0.1, 0.15) is 11.1 Å². The molecule has 136 valence electrons. The topological polar surface area (TPSA) is 52.6 Å². The van der Waals surface area contributed by atoms with Gasteiger partial charge in [0.2, 0.25) is 5.41 Å². The van der Waals surface area contributed by atoms with Gasteiger partial charge in [0.05, 0.1) is 0 Å². The Morgan fingerprint density at radius 3 is 2.07 bits per heavy atom. The summed E-state index contributed by atoms with van der Waals surface area (Å²) >= 11 is 0. The van der Waals surface area contributed by atoms with E-state index in [-0.39, 0.29) is 13.2 Å². The Balaban J connectivity index is 2.35. The number of carbonyl (C=O) groups is 2. The Bertz CT molecular complexity index is 952. The molecule has 0 unspecified atom stereocenters. The lowest BCUT2D eigenvalue weighted by atomic mass is 9.68. The van der Waals surface area contributed by atoms with Crippen molar-refractivity contribution < 1.29 is 19.1 Å². The first kappa shape index (κ1) is 18.4. The van der Waals surface area contributed by atoms with E-state index in [2.05, 4.69) is 19.7 Å². The van der Waals surface area contributed by atoms with Crippen molar-refractivity contribution in [3.63, 3.8) is 0 Å². The standard InChI is InChI=1S/C23H20O4/c1-4-13-26-21(24)23(22(25)27-14-5-2)18(6-3)15-17-11-7-9-16-10-8-12-19(23)20(16)17/h4-12,15H,1-3,13-14H2. The number of hydrogen-bond donors (Lipinski definition) is 0. The zero-order chi connectivity index (χ0) is 19.4. The van der Waals surface area contributed by atoms with Crippen LogP contribution in [-0.4, -0.2) is 25.2 Å². The van der Waals surface area contributed by atoms with E-state index in [0.717, 1.165) is 16.3 Å². The second kappa shape index (κ2) is 7.46. The van der Waals surface area contributed by atoms with Crippen molar-refractivity contribution in [2.24, 2.45) is 0 Å². The smallest absolute Gasteiger partial charge is 0.333 e. The summed E-state index contributed by atoms with van der Waals surface area (Å²) in [5.74, 6) is -1.44. The number of hydrogen-bond acceptors (Lipinski definition) is 4. The van der Waals surface area contributed by atoms with E-state index in [1.54, 1.807) is 12.1 Å². The van der Waals surface area contributed by atoms with Crippen molar-refractivity contribution in [2.45, 2.75) is 5.41 Å². The second-order valence-corrected chi connectivity index (χ2v) is 6.08. The van der Waals surface area contributed by atoms with Crippen LogP contribution < -0.4 is 0 Å². The molecule has 1 aliphatic rings. The highest BCUT2D eigenvalue weighted by atomic mass is 16.6. The quantitative estimate of drug-likeness (QED) is 0.423. The molecule has 4 heteroatoms. The predicted octanol–water partition coefficient (Wildman–Crippen LogP) is 4.12. The summed E-state index contributed by atoms with van der Waals surface area (Å²) < 4.78 is 10.7. The van der Waals surface area contributed by atoms with Gasteiger partial charge in [-0.05, 0) is 33.5 Å². The van der Waals surface area contributed by atoms with Crippen LogP contribution in [0.4, 0.5) is 0 Å². The van der Waals surface area contributed by atoms with E-state index in [9.17, 15) is 9.59 Å². The first-order valence-corrected chi connectivity index (χ1v) is 8.54. The van der Waals surface area contributed by atoms with Gasteiger partial charge in [0, 0.05) is 0 Å². The second-order valence-electron chi connectivity index (χ2n) is 6.08. The molecule has 27 heavy (non-hydrogen) atoms. The highest BCUT2D eigenvalue weighted by molar-refractivity contribution is 6.17. The Kier molecular flexibility index (Phi) is 5.08. The molecule has 0 saturated heterocycles. The summed E-state index contributed by atoms with van der Waals surface area (Å²) in [6, 6.07) is 11.3. The molecule has 2 aromatic carbocycles. The molecule has 0 amide bonds. The summed E-state index contributed by atoms with van der Waals surface area (Å²) in [5.41, 5.74) is 0.0939. The first-order chi connectivity index (χ1) is 13.1. The fourth-order valence-corrected chi connectivity index (χ4v) is 3.47. The highest BCUT2D eigenvalue weighted by Gasteiger charge is 2.55. The minimum Gasteiger partial charge on any atom is -0.460 e. The van der Waals surface area contributed by atoms with Crippen molar-refractivity contribution in [3.05, 3.63) is 91.1 Å². The van der Waals surface area contributed by atoms with Gasteiger partial charge in [0.1, 0.15) is 13.2 Å². The average molecular weight is 360 g/mol. The lowest BCUT2D eigenvalue weighted by Crippen LogP contribution is -2.48. The molecule has 0 heterocycles. The van der Waals surface area contributed by atoms with E-state index in [1.807, 2.05) is 30.3 Å². The zero-order valence-electron chi connectivity index (χ0n) is 14.9. The summed E-state index contributed by atoms with van der Waals surface area (Å²) in [7, 11) is 0. The zero-order valence-corrected chi connectivity index (χ0v) is 14.9. The number of rotatable bonds is 7. The maximum atomic E-state index is 13.2. The van der Waals surface area contributed by atoms with Gasteiger partial charge in [-0.1, -0.05) is 74.4 Å². The van der Waals surface area contributed by atoms with Gasteiger partial charge in [-0.25, -0.2) is 0 Å². The van der Waals surface area contributed by atoms with E-state index in [1.165, 1.54) is 18.2 Å². The average Bonchev–Trinajstić information content (AvgIpc) is 2.70. The molecule has 0 atom stereocenters. The maximum absolute atomic E-state index is 13.2. The summed E-state index contributed by atoms with van der Waals surface area (Å²) in [4.78, 5) is 26.4. The molecule has 0 fully saturated rings. The molecule has 0 aliphatic heterocycles. The van der Waals surface area contributed by atoms with E-state index in [4.69, 9.17) is 9.47 Å². The van der Waals surface area contributed by atoms with Gasteiger partial charge in [0.15, 0.2) is 0 Å². The number of benzene rings is 2. The number of carbonyl (C=O) groups excluding carboxylic acids is 2. The third-order valence-corrected chi connectivity index (χ3v) is 4.58. The maximum Gasteiger partial charge on any atom is 0.333 e. The lowest BCUT2D eigenvalue weighted by Gasteiger charge is -2.34. The van der Waals surface area contributed by atoms with Crippen molar-refractivity contribution in [2.75, 3.05) is 13.2 Å². The van der Waals surface area contributed by atoms with Crippen LogP contribution in [-0.2, 0) is 24.5 Å². The predicted molar refractivity (Wildman–Crippen MR) is 106 cm³/mol. The molecule has 2 aromatic rings. The molecular weight excluding hydrogens is 340 g/mol. The van der Waals surface area contributed by atoms with Crippen LogP contribution in [0, 0.1) is 0 Å². The number of allylic oxidation sites excluding steroid dienone is 1. The van der Waals surface area contributed by atoms with Gasteiger partial charge >= 0.3 is 11.9 Å². The molecule has 0 spiro atoms. The molecule has 0 saturated carbocycles. The van der Waals surface area contributed by atoms with Gasteiger partial charge in [-0.15, -0.1) is 0 Å². The minimum atomic E-state index is -1.75. The summed E-state index contributed by atoms with van der Waals surface area (Å²) in [6.07, 6.45) is 6.19. The summed E-state index contributed by atoms with van der Waals surface area (Å²) in [5, 5.41) is 1.73. The molecule has 0 aromatic heterocycles. The van der Waals surface area contributed by atoms with Crippen LogP contribution in [0.3, 0.4) is 0 Å². The van der Waals surface area contributed by atoms with Gasteiger partial charge in [0.25, 0.3) is 0 Å². The molecule has 0 radical (unpaired) electrons. The Morgan fingerprint density at radius 2 is 1.52 bits per heavy atom. The van der Waals surface area contributed by atoms with Crippen LogP contribution in [0.2, 0.25) is 0 Å². The third-order valence-electron chi connectivity index (χ3n) is 4.58. The van der Waals surface area contributed by atoms with Crippen LogP contribution in [0.15, 0.2) is 79.9 Å². The Morgan fingerprint density at radius 1 is 0.926 bits per heavy atom. The van der Waals surface area contributed by atoms with Crippen LogP contribution in [0.5, 0.6) is 0 Å². The van der Waals surface area contributed by atoms with Crippen molar-refractivity contribution >= 4 is 28.8 Å². The van der Waals surface area contributed by atoms with E-state index in [0.29, 0.717) is 11.1 Å². The Labute approximate surface area is 158 Å². The molecule has 1 aliphatic carbocycles. The van der Waals surface area contributed by atoms with Gasteiger partial charge in [-0.2, -0.15) is 0 Å². The number of ether oxygens (including phenoxy) is 2. The molecular formula is C23H20O4. The molecule has 3 rings (SSSR count). The fraction of sp³-hybridized carbons (Fsp3) is 0.130. The van der Waals surface area contributed by atoms with Gasteiger partial charge in [-0.3, -0.25) is 9.59 Å². The monoisotopic (exact) mass is 360 g/mol. The van der Waals surface area contributed by atoms with Crippen molar-refractivity contribution in [1.29, 1.82) is 0 Å². The van der Waals surface area contributed by atoms with E-state index < -0.39 is 17.4 Å². The normalized spacial score (nSPS) is 14.0. The molecule has 0 bridgehead atoms. The van der Waals surface area contributed by atoms with Gasteiger partial charge < -0.3 is 9.47 Å². The summed E-state index contributed by atoms with van der Waals surface area (Å²) in [6.45, 7) is 10.9. The molecule has 0 N–H and O–H groups in total. The largest absolute Gasteiger partial charge is 0.460 e. The van der Waals surface area contributed by atoms with Crippen LogP contribution in [0.25, 0.3) is 16.8 Å². The van der Waals surface area contributed by atoms with Crippen molar-refractivity contribution in [3.8, 4) is 0 Å². The first-order valence-electron chi connectivity index (χ1n) is 8.54. The van der Waals surface area contributed by atoms with Crippen molar-refractivity contribution in [1.82, 2.24) is 0 Å². The van der Waals surface area contributed by atoms with Crippen LogP contribution >= 0.6 is 0 Å². The highest BCUT2D eigenvalue weighted by Crippen LogP contribution is 2.45. The molecule has 4 nitrogen and oxygen atoms in total. The SMILES string of the molecule is C=CCOC(=O)C1(C(=O)OCC=C)C(C=C)=Cc2cccc3cccc1c23. The Hall–Kier alpha value is -3.40.